The van der Waals surface area contributed by atoms with Gasteiger partial charge >= 0.3 is 0 Å². The fourth-order valence-corrected chi connectivity index (χ4v) is 8.87. The van der Waals surface area contributed by atoms with E-state index in [4.69, 9.17) is 22.2 Å². The maximum atomic E-state index is 8.93. The minimum absolute atomic E-state index is 0. The predicted molar refractivity (Wildman–Crippen MR) is 269 cm³/mol. The van der Waals surface area contributed by atoms with Gasteiger partial charge in [-0.1, -0.05) is 142 Å². The van der Waals surface area contributed by atoms with Gasteiger partial charge in [-0.15, -0.1) is 53.6 Å². The van der Waals surface area contributed by atoms with Crippen LogP contribution in [0.15, 0.2) is 150 Å². The van der Waals surface area contributed by atoms with Gasteiger partial charge in [0.15, 0.2) is 0 Å². The SMILES string of the molecule is [2H]C([2H])([2H])c1c[c-]c(-c2ccc(C(C)(C)C)cn2)cc1.[2H]C([2H])([2H])c1cc(-c2cc(-c3[c-]ccc4c3oc3cc5c(ccc6ccccc65)cc34)ncc2C([2H])([2H])[2H])c(C([2H])([2H])[2H])cc1-c1ccc(C2([2H])CCCC2)cc1.[Ir]. The minimum atomic E-state index is -2.77. The molecule has 1 aliphatic rings. The summed E-state index contributed by atoms with van der Waals surface area (Å²) in [6.45, 7) is -3.86. The fraction of sp³-hybridized carbons (Fsp3) is 0.213. The van der Waals surface area contributed by atoms with E-state index in [1.165, 1.54) is 36.0 Å². The average molecular weight is 1040 g/mol. The second kappa shape index (κ2) is 18.0. The van der Waals surface area contributed by atoms with Crippen molar-refractivity contribution in [2.75, 3.05) is 0 Å². The Kier molecular flexibility index (Phi) is 8.54. The molecule has 7 aromatic carbocycles. The molecule has 3 heterocycles. The molecule has 10 aromatic rings. The molecule has 0 amide bonds. The number of benzene rings is 7. The van der Waals surface area contributed by atoms with Crippen LogP contribution in [-0.2, 0) is 25.5 Å². The summed E-state index contributed by atoms with van der Waals surface area (Å²) in [5.74, 6) is -0.711. The molecule has 0 bridgehead atoms. The first-order chi connectivity index (χ1) is 36.2. The number of hydrogen-bond donors (Lipinski definition) is 0. The third-order valence-corrected chi connectivity index (χ3v) is 12.4. The Hall–Kier alpha value is -6.19. The molecular formula is C61H54IrN2O-2. The topological polar surface area (TPSA) is 38.9 Å². The van der Waals surface area contributed by atoms with E-state index in [0.29, 0.717) is 27.9 Å². The van der Waals surface area contributed by atoms with E-state index < -0.39 is 33.3 Å². The molecule has 325 valence electrons. The van der Waals surface area contributed by atoms with Crippen molar-refractivity contribution in [2.24, 2.45) is 0 Å². The van der Waals surface area contributed by atoms with Crippen molar-refractivity contribution in [3.05, 3.63) is 191 Å². The molecule has 65 heavy (non-hydrogen) atoms. The van der Waals surface area contributed by atoms with Crippen LogP contribution < -0.4 is 0 Å². The second-order valence-electron chi connectivity index (χ2n) is 17.7. The van der Waals surface area contributed by atoms with Gasteiger partial charge in [0.1, 0.15) is 5.58 Å². The zero-order valence-corrected chi connectivity index (χ0v) is 38.7. The van der Waals surface area contributed by atoms with Crippen LogP contribution >= 0.6 is 0 Å². The Labute approximate surface area is 415 Å². The van der Waals surface area contributed by atoms with Crippen LogP contribution in [0.1, 0.15) is 104 Å². The van der Waals surface area contributed by atoms with Gasteiger partial charge in [0.2, 0.25) is 0 Å². The van der Waals surface area contributed by atoms with Gasteiger partial charge in [-0.3, -0.25) is 0 Å². The minimum Gasteiger partial charge on any atom is -0.501 e. The zero-order chi connectivity index (χ0) is 55.0. The Balaban J connectivity index is 0.000000297. The van der Waals surface area contributed by atoms with E-state index in [0.717, 1.165) is 74.8 Å². The van der Waals surface area contributed by atoms with Crippen molar-refractivity contribution < 1.29 is 42.3 Å². The molecule has 1 radical (unpaired) electrons. The van der Waals surface area contributed by atoms with Crippen LogP contribution in [-0.4, -0.2) is 9.97 Å². The van der Waals surface area contributed by atoms with Crippen LogP contribution in [0.25, 0.3) is 88.3 Å². The molecule has 11 rings (SSSR count). The van der Waals surface area contributed by atoms with Gasteiger partial charge in [-0.25, -0.2) is 0 Å². The number of aryl methyl sites for hydroxylation is 4. The molecule has 1 saturated carbocycles. The summed E-state index contributed by atoms with van der Waals surface area (Å²) < 4.78 is 115. The Morgan fingerprint density at radius 1 is 0.631 bits per heavy atom. The summed E-state index contributed by atoms with van der Waals surface area (Å²) in [4.78, 5) is 9.01. The van der Waals surface area contributed by atoms with Gasteiger partial charge in [0, 0.05) is 55.7 Å². The van der Waals surface area contributed by atoms with Gasteiger partial charge in [-0.05, 0) is 140 Å². The standard InChI is InChI=1S/C45H36NO.C16H18N.Ir/c1-27-22-39(28(2)21-38(27)33-17-15-31(16-18-33)30-9-4-5-10-30)40-24-43(46-26-29(40)3)37-14-8-13-36-42-23-34-20-19-32-11-6-7-12-35(32)41(34)25-44(42)47-45(36)37;1-12-5-7-13(8-6-12)15-10-9-14(11-17-15)16(2,3)4;/h6-8,11-13,15-26,30H,4-5,9-10H2,1-3H3;5-7,9-11H,1-4H3;/q2*-1;/i1D3,2D3,3D3,30D;1D3;. The number of rotatable bonds is 5. The van der Waals surface area contributed by atoms with Crippen molar-refractivity contribution in [1.82, 2.24) is 9.97 Å². The molecule has 1 fully saturated rings. The van der Waals surface area contributed by atoms with Gasteiger partial charge in [-0.2, -0.15) is 0 Å². The van der Waals surface area contributed by atoms with Crippen molar-refractivity contribution in [3.8, 4) is 44.8 Å². The van der Waals surface area contributed by atoms with Crippen LogP contribution in [0.4, 0.5) is 0 Å². The normalized spacial score (nSPS) is 17.2. The summed E-state index contributed by atoms with van der Waals surface area (Å²) in [6.07, 6.45) is 6.47. The zero-order valence-electron chi connectivity index (χ0n) is 49.3. The van der Waals surface area contributed by atoms with Crippen molar-refractivity contribution >= 4 is 43.5 Å². The monoisotopic (exact) mass is 1040 g/mol. The Morgan fingerprint density at radius 2 is 1.38 bits per heavy atom. The molecule has 3 nitrogen and oxygen atoms in total. The van der Waals surface area contributed by atoms with E-state index in [-0.39, 0.29) is 64.6 Å². The molecule has 0 spiro atoms. The maximum Gasteiger partial charge on any atom is 0.121 e. The number of furan rings is 1. The number of aromatic nitrogens is 2. The van der Waals surface area contributed by atoms with Crippen molar-refractivity contribution in [3.63, 3.8) is 0 Å². The molecule has 0 unspecified atom stereocenters. The quantitative estimate of drug-likeness (QED) is 0.127. The van der Waals surface area contributed by atoms with E-state index >= 15 is 0 Å². The Bertz CT molecular complexity index is 3790. The molecule has 4 heteroatoms. The van der Waals surface area contributed by atoms with Crippen LogP contribution in [0, 0.1) is 39.5 Å². The van der Waals surface area contributed by atoms with Gasteiger partial charge < -0.3 is 14.4 Å². The predicted octanol–water partition coefficient (Wildman–Crippen LogP) is 16.8. The first-order valence-corrected chi connectivity index (χ1v) is 21.7. The fourth-order valence-electron chi connectivity index (χ4n) is 8.87. The molecule has 1 aliphatic carbocycles. The van der Waals surface area contributed by atoms with Crippen LogP contribution in [0.2, 0.25) is 0 Å². The second-order valence-corrected chi connectivity index (χ2v) is 17.7. The summed E-state index contributed by atoms with van der Waals surface area (Å²) in [5.41, 5.74) is 5.92. The van der Waals surface area contributed by atoms with Gasteiger partial charge in [0.25, 0.3) is 0 Å². The van der Waals surface area contributed by atoms with E-state index in [1.807, 2.05) is 54.7 Å². The summed E-state index contributed by atoms with van der Waals surface area (Å²) >= 11 is 0. The number of fused-ring (bicyclic) bond motifs is 6. The van der Waals surface area contributed by atoms with Crippen molar-refractivity contribution in [2.45, 2.75) is 85.2 Å². The van der Waals surface area contributed by atoms with Crippen LogP contribution in [0.3, 0.4) is 0 Å². The number of pyridine rings is 2. The first kappa shape index (κ1) is 30.9. The average Bonchev–Trinajstić information content (AvgIpc) is 4.09. The van der Waals surface area contributed by atoms with E-state index in [2.05, 4.69) is 73.2 Å². The number of nitrogens with zero attached hydrogens (tertiary/aromatic N) is 2. The molecule has 0 atom stereocenters. The number of hydrogen-bond acceptors (Lipinski definition) is 3. The molecule has 0 aliphatic heterocycles. The molecule has 0 saturated heterocycles. The summed E-state index contributed by atoms with van der Waals surface area (Å²) in [6, 6.07) is 46.4. The molecule has 0 N–H and O–H groups in total. The van der Waals surface area contributed by atoms with E-state index in [1.54, 1.807) is 30.3 Å². The third kappa shape index (κ3) is 8.71. The van der Waals surface area contributed by atoms with Gasteiger partial charge in [0.05, 0.1) is 5.58 Å². The van der Waals surface area contributed by atoms with E-state index in [9.17, 15) is 0 Å². The maximum absolute atomic E-state index is 8.93. The molecular weight excluding hydrogens is 969 g/mol. The van der Waals surface area contributed by atoms with Crippen molar-refractivity contribution in [1.29, 1.82) is 0 Å². The summed E-state index contributed by atoms with van der Waals surface area (Å²) in [7, 11) is 0. The van der Waals surface area contributed by atoms with Crippen LogP contribution in [0.5, 0.6) is 0 Å². The first-order valence-electron chi connectivity index (χ1n) is 28.2. The molecule has 3 aromatic heterocycles. The third-order valence-electron chi connectivity index (χ3n) is 12.4. The largest absolute Gasteiger partial charge is 0.501 e. The summed E-state index contributed by atoms with van der Waals surface area (Å²) in [5, 5.41) is 5.93. The smallest absolute Gasteiger partial charge is 0.121 e. The Morgan fingerprint density at radius 3 is 2.12 bits per heavy atom.